The van der Waals surface area contributed by atoms with Crippen LogP contribution < -0.4 is 0 Å². The van der Waals surface area contributed by atoms with Gasteiger partial charge in [-0.2, -0.15) is 11.1 Å². The van der Waals surface area contributed by atoms with E-state index in [1.165, 1.54) is 18.9 Å². The summed E-state index contributed by atoms with van der Waals surface area (Å²) in [5, 5.41) is 0. The smallest absolute Gasteiger partial charge is 0.140 e. The van der Waals surface area contributed by atoms with Gasteiger partial charge < -0.3 is 0 Å². The molecule has 11 heavy (non-hydrogen) atoms. The van der Waals surface area contributed by atoms with Crippen LogP contribution in [0.25, 0.3) is 0 Å². The van der Waals surface area contributed by atoms with Crippen LogP contribution in [0.4, 0.5) is 0 Å². The Bertz CT molecular complexity index is 116. The molecule has 0 aliphatic carbocycles. The Kier molecular flexibility index (Phi) is 4.37. The molecule has 0 saturated heterocycles. The maximum Gasteiger partial charge on any atom is 0.140 e. The first-order chi connectivity index (χ1) is 4.81. The maximum atomic E-state index is 6.46. The second kappa shape index (κ2) is 4.10. The molecule has 0 rings (SSSR count). The van der Waals surface area contributed by atoms with Crippen LogP contribution in [0.1, 0.15) is 19.8 Å². The molecule has 0 unspecified atom stereocenters. The van der Waals surface area contributed by atoms with Crippen LogP contribution >= 0.6 is 11.1 Å². The Morgan fingerprint density at radius 3 is 1.82 bits per heavy atom. The summed E-state index contributed by atoms with van der Waals surface area (Å²) in [5.41, 5.74) is 0. The van der Waals surface area contributed by atoms with Gasteiger partial charge in [0.1, 0.15) is 6.90 Å². The predicted molar refractivity (Wildman–Crippen MR) is 60.5 cm³/mol. The van der Waals surface area contributed by atoms with E-state index >= 15 is 0 Å². The van der Waals surface area contributed by atoms with Crippen LogP contribution in [-0.4, -0.2) is 14.5 Å². The van der Waals surface area contributed by atoms with Crippen molar-refractivity contribution in [3.8, 4) is 0 Å². The van der Waals surface area contributed by atoms with Crippen molar-refractivity contribution in [1.82, 2.24) is 0 Å². The molecule has 0 bridgehead atoms. The molecule has 0 spiro atoms. The van der Waals surface area contributed by atoms with Crippen LogP contribution in [-0.2, 0) is 0 Å². The maximum absolute atomic E-state index is 6.46. The van der Waals surface area contributed by atoms with Crippen molar-refractivity contribution in [1.29, 1.82) is 0 Å². The van der Waals surface area contributed by atoms with Crippen LogP contribution in [0.2, 0.25) is 32.2 Å². The first-order valence-electron chi connectivity index (χ1n) is 4.50. The number of hydrogen-bond acceptors (Lipinski definition) is 0. The van der Waals surface area contributed by atoms with E-state index in [-0.39, 0.29) is 0 Å². The molecule has 0 aliphatic rings. The summed E-state index contributed by atoms with van der Waals surface area (Å²) in [6.45, 7) is 10.4. The molecule has 3 heteroatoms. The molecular formula is C8H21ClSi2. The van der Waals surface area contributed by atoms with E-state index in [0.717, 1.165) is 0 Å². The van der Waals surface area contributed by atoms with Crippen LogP contribution in [0.5, 0.6) is 0 Å². The standard InChI is InChI=1S/C8H21ClSi2/c1-6-7-8-10(2,3)11(4,5)9/h6-8H2,1-5H3. The lowest BCUT2D eigenvalue weighted by molar-refractivity contribution is 0.872. The van der Waals surface area contributed by atoms with Gasteiger partial charge in [0.2, 0.25) is 0 Å². The second-order valence-corrected chi connectivity index (χ2v) is 23.3. The largest absolute Gasteiger partial charge is 0.171 e. The molecule has 0 aromatic heterocycles. The van der Waals surface area contributed by atoms with E-state index in [9.17, 15) is 0 Å². The Balaban J connectivity index is 4.00. The van der Waals surface area contributed by atoms with Gasteiger partial charge in [-0.15, -0.1) is 0 Å². The van der Waals surface area contributed by atoms with Gasteiger partial charge in [0.15, 0.2) is 0 Å². The molecule has 0 fully saturated rings. The first-order valence-corrected chi connectivity index (χ1v) is 12.7. The minimum atomic E-state index is -1.31. The minimum Gasteiger partial charge on any atom is -0.171 e. The number of rotatable bonds is 4. The van der Waals surface area contributed by atoms with E-state index < -0.39 is 14.5 Å². The topological polar surface area (TPSA) is 0 Å². The van der Waals surface area contributed by atoms with Gasteiger partial charge in [-0.05, 0) is 0 Å². The third-order valence-electron chi connectivity index (χ3n) is 2.76. The summed E-state index contributed by atoms with van der Waals surface area (Å²) in [6, 6.07) is 1.42. The SMILES string of the molecule is CCCC[Si](C)(C)[Si](C)(C)Cl. The number of hydrogen-bond donors (Lipinski definition) is 0. The Morgan fingerprint density at radius 1 is 1.09 bits per heavy atom. The van der Waals surface area contributed by atoms with E-state index in [1.54, 1.807) is 0 Å². The molecule has 0 saturated carbocycles. The summed E-state index contributed by atoms with van der Waals surface area (Å²) >= 11 is 6.46. The van der Waals surface area contributed by atoms with Crippen molar-refractivity contribution in [3.05, 3.63) is 0 Å². The van der Waals surface area contributed by atoms with E-state index in [0.29, 0.717) is 0 Å². The van der Waals surface area contributed by atoms with Crippen LogP contribution in [0.15, 0.2) is 0 Å². The molecule has 0 N–H and O–H groups in total. The molecule has 68 valence electrons. The van der Waals surface area contributed by atoms with Gasteiger partial charge in [-0.1, -0.05) is 52.0 Å². The fourth-order valence-electron chi connectivity index (χ4n) is 0.916. The van der Waals surface area contributed by atoms with Crippen molar-refractivity contribution in [2.24, 2.45) is 0 Å². The molecule has 0 heterocycles. The zero-order chi connectivity index (χ0) is 9.12. The van der Waals surface area contributed by atoms with E-state index in [4.69, 9.17) is 11.1 Å². The van der Waals surface area contributed by atoms with Gasteiger partial charge in [-0.25, -0.2) is 0 Å². The minimum absolute atomic E-state index is 1.02. The first kappa shape index (κ1) is 11.7. The van der Waals surface area contributed by atoms with E-state index in [2.05, 4.69) is 33.1 Å². The molecule has 0 nitrogen and oxygen atoms in total. The van der Waals surface area contributed by atoms with Crippen molar-refractivity contribution in [3.63, 3.8) is 0 Å². The zero-order valence-corrected chi connectivity index (χ0v) is 11.3. The summed E-state index contributed by atoms with van der Waals surface area (Å²) in [6.07, 6.45) is 2.69. The van der Waals surface area contributed by atoms with Gasteiger partial charge >= 0.3 is 0 Å². The zero-order valence-electron chi connectivity index (χ0n) is 8.50. The average molecular weight is 209 g/mol. The highest BCUT2D eigenvalue weighted by atomic mass is 35.6. The lowest BCUT2D eigenvalue weighted by Gasteiger charge is -2.32. The van der Waals surface area contributed by atoms with Crippen molar-refractivity contribution in [2.75, 3.05) is 0 Å². The number of unbranched alkanes of at least 4 members (excludes halogenated alkanes) is 1. The highest BCUT2D eigenvalue weighted by Gasteiger charge is 2.38. The van der Waals surface area contributed by atoms with Gasteiger partial charge in [0.05, 0.1) is 7.59 Å². The summed E-state index contributed by atoms with van der Waals surface area (Å²) in [5.74, 6) is 0. The Hall–Kier alpha value is 0.724. The molecule has 0 radical (unpaired) electrons. The molecule has 0 atom stereocenters. The molecule has 0 aliphatic heterocycles. The molecule has 0 aromatic carbocycles. The Morgan fingerprint density at radius 2 is 1.55 bits per heavy atom. The highest BCUT2D eigenvalue weighted by Crippen LogP contribution is 2.27. The van der Waals surface area contributed by atoms with E-state index in [1.807, 2.05) is 0 Å². The summed E-state index contributed by atoms with van der Waals surface area (Å²) in [4.78, 5) is 0. The molecular weight excluding hydrogens is 188 g/mol. The third-order valence-corrected chi connectivity index (χ3v) is 22.6. The second-order valence-electron chi connectivity index (χ2n) is 4.46. The Labute approximate surface area is 77.9 Å². The molecule has 0 amide bonds. The van der Waals surface area contributed by atoms with Crippen molar-refractivity contribution in [2.45, 2.75) is 52.0 Å². The predicted octanol–water partition coefficient (Wildman–Crippen LogP) is 4.02. The van der Waals surface area contributed by atoms with Crippen molar-refractivity contribution >= 4 is 25.6 Å². The lowest BCUT2D eigenvalue weighted by atomic mass is 10.4. The van der Waals surface area contributed by atoms with Gasteiger partial charge in [0.25, 0.3) is 0 Å². The van der Waals surface area contributed by atoms with Gasteiger partial charge in [0, 0.05) is 0 Å². The average Bonchev–Trinajstić information content (AvgIpc) is 1.81. The van der Waals surface area contributed by atoms with Gasteiger partial charge in [-0.3, -0.25) is 0 Å². The van der Waals surface area contributed by atoms with Crippen LogP contribution in [0.3, 0.4) is 0 Å². The third kappa shape index (κ3) is 3.76. The fraction of sp³-hybridized carbons (Fsp3) is 1.00. The van der Waals surface area contributed by atoms with Crippen LogP contribution in [0, 0.1) is 0 Å². The highest BCUT2D eigenvalue weighted by molar-refractivity contribution is 7.58. The fourth-order valence-corrected chi connectivity index (χ4v) is 5.91. The lowest BCUT2D eigenvalue weighted by Crippen LogP contribution is -2.50. The number of halogens is 1. The molecule has 0 aromatic rings. The quantitative estimate of drug-likeness (QED) is 0.484. The normalized spacial score (nSPS) is 13.6. The van der Waals surface area contributed by atoms with Crippen molar-refractivity contribution < 1.29 is 0 Å². The monoisotopic (exact) mass is 208 g/mol. The summed E-state index contributed by atoms with van der Waals surface area (Å²) in [7, 11) is -1.02. The summed E-state index contributed by atoms with van der Waals surface area (Å²) < 4.78 is 0.